The molecule has 0 amide bonds. The molecule has 0 aliphatic heterocycles. The molecule has 0 bridgehead atoms. The van der Waals surface area contributed by atoms with E-state index in [1.165, 1.54) is 12.1 Å². The summed E-state index contributed by atoms with van der Waals surface area (Å²) in [6.07, 6.45) is 1.33. The van der Waals surface area contributed by atoms with E-state index < -0.39 is 19.6 Å². The van der Waals surface area contributed by atoms with Gasteiger partial charge in [0.1, 0.15) is 0 Å². The lowest BCUT2D eigenvalue weighted by molar-refractivity contribution is 0.0695. The van der Waals surface area contributed by atoms with Gasteiger partial charge in [-0.2, -0.15) is 0 Å². The molecule has 0 saturated carbocycles. The van der Waals surface area contributed by atoms with Gasteiger partial charge in [-0.15, -0.1) is 0 Å². The normalized spacial score (nSPS) is 12.4. The van der Waals surface area contributed by atoms with Crippen molar-refractivity contribution in [2.24, 2.45) is 0 Å². The van der Waals surface area contributed by atoms with E-state index in [1.54, 1.807) is 6.92 Å². The number of carbonyl (C=O) groups is 1. The zero-order valence-electron chi connectivity index (χ0n) is 12.2. The number of hydrogen-bond acceptors (Lipinski definition) is 3. The van der Waals surface area contributed by atoms with Crippen LogP contribution >= 0.6 is 34.8 Å². The Hall–Kier alpha value is -0.490. The Morgan fingerprint density at radius 3 is 2.23 bits per heavy atom. The van der Waals surface area contributed by atoms with E-state index in [9.17, 15) is 18.3 Å². The lowest BCUT2D eigenvalue weighted by Crippen LogP contribution is -2.19. The number of carboxylic acid groups (broad SMARTS) is 1. The molecule has 0 atom stereocenters. The monoisotopic (exact) mass is 386 g/mol. The number of unbranched alkanes of at least 4 members (excludes halogenated alkanes) is 1. The molecule has 0 heterocycles. The van der Waals surface area contributed by atoms with Gasteiger partial charge in [-0.3, -0.25) is 0 Å². The fraction of sp³-hybridized carbons (Fsp3) is 0.500. The molecular formula is C14H17Cl3O4S. The lowest BCUT2D eigenvalue weighted by Gasteiger charge is -2.21. The van der Waals surface area contributed by atoms with Crippen molar-refractivity contribution in [2.75, 3.05) is 5.75 Å². The van der Waals surface area contributed by atoms with Crippen molar-refractivity contribution in [2.45, 2.75) is 41.8 Å². The molecule has 1 N–H and O–H groups in total. The number of rotatable bonds is 6. The second-order valence-electron chi connectivity index (χ2n) is 4.80. The van der Waals surface area contributed by atoms with Crippen molar-refractivity contribution in [1.29, 1.82) is 0 Å². The van der Waals surface area contributed by atoms with Crippen molar-refractivity contribution >= 4 is 50.6 Å². The van der Waals surface area contributed by atoms with E-state index in [1.807, 2.05) is 6.92 Å². The van der Waals surface area contributed by atoms with Crippen LogP contribution in [0, 0.1) is 0 Å². The summed E-state index contributed by atoms with van der Waals surface area (Å²) in [6, 6.07) is 2.53. The maximum atomic E-state index is 12.6. The number of carboxylic acids is 1. The van der Waals surface area contributed by atoms with Crippen molar-refractivity contribution in [3.05, 3.63) is 28.8 Å². The van der Waals surface area contributed by atoms with Crippen molar-refractivity contribution < 1.29 is 18.3 Å². The molecule has 0 aliphatic carbocycles. The molecule has 8 heteroatoms. The summed E-state index contributed by atoms with van der Waals surface area (Å²) in [5, 5.41) is 9.26. The second kappa shape index (κ2) is 7.39. The van der Waals surface area contributed by atoms with Crippen LogP contribution in [-0.2, 0) is 20.1 Å². The predicted molar refractivity (Wildman–Crippen MR) is 89.0 cm³/mol. The van der Waals surface area contributed by atoms with Gasteiger partial charge in [-0.1, -0.05) is 61.1 Å². The fourth-order valence-electron chi connectivity index (χ4n) is 2.19. The van der Waals surface area contributed by atoms with Gasteiger partial charge >= 0.3 is 5.97 Å². The number of sulfone groups is 1. The molecule has 1 rings (SSSR count). The standard InChI is InChI=1S/C14H17Cl3O4S/c1-3-5-8-22(20,21)12-9(4-2)10(13(18)19)6-7-11(12)14(15,16)17/h6-7H,3-5,8H2,1-2H3,(H,18,19). The molecule has 1 aromatic rings. The molecule has 0 saturated heterocycles. The van der Waals surface area contributed by atoms with E-state index in [4.69, 9.17) is 34.8 Å². The highest BCUT2D eigenvalue weighted by Gasteiger charge is 2.34. The van der Waals surface area contributed by atoms with Crippen LogP contribution in [0.3, 0.4) is 0 Å². The first-order chi connectivity index (χ1) is 10.1. The molecule has 0 aromatic heterocycles. The molecule has 0 fully saturated rings. The maximum absolute atomic E-state index is 12.6. The third-order valence-corrected chi connectivity index (χ3v) is 5.75. The molecule has 0 unspecified atom stereocenters. The Morgan fingerprint density at radius 1 is 1.23 bits per heavy atom. The van der Waals surface area contributed by atoms with Crippen LogP contribution in [-0.4, -0.2) is 25.2 Å². The van der Waals surface area contributed by atoms with Crippen molar-refractivity contribution in [3.63, 3.8) is 0 Å². The van der Waals surface area contributed by atoms with E-state index in [0.717, 1.165) is 0 Å². The molecule has 124 valence electrons. The molecular weight excluding hydrogens is 371 g/mol. The van der Waals surface area contributed by atoms with E-state index in [-0.39, 0.29) is 33.8 Å². The highest BCUT2D eigenvalue weighted by molar-refractivity contribution is 7.91. The van der Waals surface area contributed by atoms with Gasteiger partial charge in [-0.25, -0.2) is 13.2 Å². The molecule has 1 aromatic carbocycles. The van der Waals surface area contributed by atoms with Crippen molar-refractivity contribution in [1.82, 2.24) is 0 Å². The van der Waals surface area contributed by atoms with Gasteiger partial charge < -0.3 is 5.11 Å². The smallest absolute Gasteiger partial charge is 0.336 e. The average molecular weight is 388 g/mol. The minimum Gasteiger partial charge on any atom is -0.478 e. The Kier molecular flexibility index (Phi) is 6.57. The minimum atomic E-state index is -3.75. The van der Waals surface area contributed by atoms with Gasteiger partial charge in [-0.05, 0) is 24.5 Å². The summed E-state index contributed by atoms with van der Waals surface area (Å²) in [5.74, 6) is -1.33. The Bertz CT molecular complexity index is 663. The van der Waals surface area contributed by atoms with Crippen LogP contribution in [0.4, 0.5) is 0 Å². The van der Waals surface area contributed by atoms with E-state index in [0.29, 0.717) is 12.8 Å². The number of halogens is 3. The summed E-state index contributed by atoms with van der Waals surface area (Å²) in [4.78, 5) is 11.2. The number of benzene rings is 1. The third kappa shape index (κ3) is 4.28. The largest absolute Gasteiger partial charge is 0.478 e. The Balaban J connectivity index is 3.75. The van der Waals surface area contributed by atoms with Crippen molar-refractivity contribution in [3.8, 4) is 0 Å². The quantitative estimate of drug-likeness (QED) is 0.737. The van der Waals surface area contributed by atoms with E-state index in [2.05, 4.69) is 0 Å². The summed E-state index contributed by atoms with van der Waals surface area (Å²) in [5.41, 5.74) is 0.0819. The zero-order valence-corrected chi connectivity index (χ0v) is 15.3. The van der Waals surface area contributed by atoms with Crippen LogP contribution in [0.25, 0.3) is 0 Å². The summed E-state index contributed by atoms with van der Waals surface area (Å²) >= 11 is 17.7. The van der Waals surface area contributed by atoms with Gasteiger partial charge in [0.15, 0.2) is 9.84 Å². The third-order valence-electron chi connectivity index (χ3n) is 3.23. The highest BCUT2D eigenvalue weighted by Crippen LogP contribution is 2.43. The van der Waals surface area contributed by atoms with Crippen LogP contribution in [0.2, 0.25) is 0 Å². The van der Waals surface area contributed by atoms with Gasteiger partial charge in [0.2, 0.25) is 3.79 Å². The second-order valence-corrected chi connectivity index (χ2v) is 9.12. The minimum absolute atomic E-state index is 0.00421. The number of aromatic carboxylic acids is 1. The fourth-order valence-corrected chi connectivity index (χ4v) is 4.89. The molecule has 0 radical (unpaired) electrons. The predicted octanol–water partition coefficient (Wildman–Crippen LogP) is 4.35. The summed E-state index contributed by atoms with van der Waals surface area (Å²) in [6.45, 7) is 3.53. The van der Waals surface area contributed by atoms with Gasteiger partial charge in [0.25, 0.3) is 0 Å². The van der Waals surface area contributed by atoms with Gasteiger partial charge in [0, 0.05) is 5.56 Å². The molecule has 22 heavy (non-hydrogen) atoms. The van der Waals surface area contributed by atoms with Crippen LogP contribution in [0.1, 0.15) is 48.2 Å². The average Bonchev–Trinajstić information content (AvgIpc) is 2.42. The number of hydrogen-bond donors (Lipinski definition) is 1. The highest BCUT2D eigenvalue weighted by atomic mass is 35.6. The zero-order chi connectivity index (χ0) is 17.1. The molecule has 0 aliphatic rings. The Morgan fingerprint density at radius 2 is 1.82 bits per heavy atom. The first-order valence-electron chi connectivity index (χ1n) is 6.75. The number of alkyl halides is 3. The first kappa shape index (κ1) is 19.6. The van der Waals surface area contributed by atoms with Crippen LogP contribution in [0.15, 0.2) is 17.0 Å². The lowest BCUT2D eigenvalue weighted by atomic mass is 10.0. The topological polar surface area (TPSA) is 71.4 Å². The first-order valence-corrected chi connectivity index (χ1v) is 9.54. The SMILES string of the molecule is CCCCS(=O)(=O)c1c(C(Cl)(Cl)Cl)ccc(C(=O)O)c1CC. The van der Waals surface area contributed by atoms with Crippen LogP contribution in [0.5, 0.6) is 0 Å². The molecule has 0 spiro atoms. The Labute approximate surface area is 145 Å². The summed E-state index contributed by atoms with van der Waals surface area (Å²) < 4.78 is 23.3. The summed E-state index contributed by atoms with van der Waals surface area (Å²) in [7, 11) is -3.75. The van der Waals surface area contributed by atoms with Gasteiger partial charge in [0.05, 0.1) is 16.2 Å². The van der Waals surface area contributed by atoms with Crippen LogP contribution < -0.4 is 0 Å². The molecule has 4 nitrogen and oxygen atoms in total. The maximum Gasteiger partial charge on any atom is 0.336 e. The van der Waals surface area contributed by atoms with E-state index >= 15 is 0 Å².